The number of ether oxygens (including phenoxy) is 1. The molecule has 156 valence electrons. The van der Waals surface area contributed by atoms with Crippen molar-refractivity contribution < 1.29 is 13.2 Å². The Bertz CT molecular complexity index is 956. The number of rotatable bonds is 7. The Balaban J connectivity index is 1.94. The second kappa shape index (κ2) is 9.32. The van der Waals surface area contributed by atoms with Gasteiger partial charge in [-0.15, -0.1) is 0 Å². The minimum atomic E-state index is -3.81. The third-order valence-corrected chi connectivity index (χ3v) is 6.29. The van der Waals surface area contributed by atoms with Gasteiger partial charge < -0.3 is 20.3 Å². The first kappa shape index (κ1) is 21.2. The lowest BCUT2D eigenvalue weighted by molar-refractivity contribution is 0.415. The number of methoxy groups -OCH3 is 1. The van der Waals surface area contributed by atoms with E-state index in [4.69, 9.17) is 17.0 Å². The number of anilines is 3. The lowest BCUT2D eigenvalue weighted by Gasteiger charge is -2.23. The van der Waals surface area contributed by atoms with E-state index in [0.717, 1.165) is 25.9 Å². The van der Waals surface area contributed by atoms with Crippen molar-refractivity contribution in [2.24, 2.45) is 0 Å². The number of nitrogens with one attached hydrogen (secondary N) is 3. The van der Waals surface area contributed by atoms with Gasteiger partial charge in [0.25, 0.3) is 10.0 Å². The van der Waals surface area contributed by atoms with Crippen LogP contribution >= 0.6 is 12.2 Å². The van der Waals surface area contributed by atoms with Gasteiger partial charge in [-0.05, 0) is 74.4 Å². The minimum absolute atomic E-state index is 0.222. The molecule has 0 aliphatic carbocycles. The van der Waals surface area contributed by atoms with Crippen molar-refractivity contribution in [1.29, 1.82) is 0 Å². The molecule has 0 spiro atoms. The predicted octanol–water partition coefficient (Wildman–Crippen LogP) is 3.40. The average molecular weight is 435 g/mol. The van der Waals surface area contributed by atoms with Crippen LogP contribution in [0.5, 0.6) is 5.75 Å². The highest BCUT2D eigenvalue weighted by molar-refractivity contribution is 7.93. The molecule has 1 aliphatic heterocycles. The first-order valence-electron chi connectivity index (χ1n) is 9.53. The Morgan fingerprint density at radius 1 is 1.10 bits per heavy atom. The van der Waals surface area contributed by atoms with E-state index in [9.17, 15) is 8.42 Å². The second-order valence-electron chi connectivity index (χ2n) is 6.70. The third kappa shape index (κ3) is 5.30. The van der Waals surface area contributed by atoms with E-state index in [-0.39, 0.29) is 4.90 Å². The standard InChI is InChI=1S/C20H26N4O3S2/c1-3-21-20(28)22-16-8-11-18(24-12-4-5-13-24)19(14-16)29(25,26)23-15-6-9-17(27-2)10-7-15/h6-11,14,23H,3-5,12-13H2,1-2H3,(H2,21,22,28). The van der Waals surface area contributed by atoms with Gasteiger partial charge >= 0.3 is 0 Å². The fourth-order valence-electron chi connectivity index (χ4n) is 3.23. The average Bonchev–Trinajstić information content (AvgIpc) is 3.23. The van der Waals surface area contributed by atoms with Crippen LogP contribution in [0.3, 0.4) is 0 Å². The van der Waals surface area contributed by atoms with Crippen LogP contribution in [0.1, 0.15) is 19.8 Å². The molecule has 29 heavy (non-hydrogen) atoms. The molecular weight excluding hydrogens is 408 g/mol. The first-order chi connectivity index (χ1) is 13.9. The van der Waals surface area contributed by atoms with E-state index < -0.39 is 10.0 Å². The highest BCUT2D eigenvalue weighted by Crippen LogP contribution is 2.32. The summed E-state index contributed by atoms with van der Waals surface area (Å²) in [4.78, 5) is 2.33. The van der Waals surface area contributed by atoms with E-state index in [1.165, 1.54) is 0 Å². The van der Waals surface area contributed by atoms with Crippen LogP contribution in [-0.2, 0) is 10.0 Å². The molecule has 0 saturated carbocycles. The van der Waals surface area contributed by atoms with Crippen molar-refractivity contribution >= 4 is 44.4 Å². The Hall–Kier alpha value is -2.52. The van der Waals surface area contributed by atoms with Gasteiger partial charge in [0.1, 0.15) is 10.6 Å². The lowest BCUT2D eigenvalue weighted by atomic mass is 10.2. The molecule has 1 fully saturated rings. The summed E-state index contributed by atoms with van der Waals surface area (Å²) in [6.07, 6.45) is 2.10. The van der Waals surface area contributed by atoms with Crippen LogP contribution in [0.15, 0.2) is 47.4 Å². The van der Waals surface area contributed by atoms with E-state index in [2.05, 4.69) is 20.3 Å². The van der Waals surface area contributed by atoms with Crippen LogP contribution in [0.25, 0.3) is 0 Å². The first-order valence-corrected chi connectivity index (χ1v) is 11.4. The van der Waals surface area contributed by atoms with Crippen LogP contribution in [0, 0.1) is 0 Å². The van der Waals surface area contributed by atoms with Gasteiger partial charge in [-0.2, -0.15) is 0 Å². The molecular formula is C20H26N4O3S2. The van der Waals surface area contributed by atoms with Gasteiger partial charge in [-0.25, -0.2) is 8.42 Å². The molecule has 0 bridgehead atoms. The summed E-state index contributed by atoms with van der Waals surface area (Å²) in [5, 5.41) is 6.50. The zero-order valence-corrected chi connectivity index (χ0v) is 18.2. The van der Waals surface area contributed by atoms with Crippen LogP contribution in [0.4, 0.5) is 17.1 Å². The predicted molar refractivity (Wildman–Crippen MR) is 122 cm³/mol. The largest absolute Gasteiger partial charge is 0.497 e. The summed E-state index contributed by atoms with van der Waals surface area (Å²) in [6, 6.07) is 12.1. The second-order valence-corrected chi connectivity index (χ2v) is 8.75. The highest BCUT2D eigenvalue weighted by Gasteiger charge is 2.24. The molecule has 3 N–H and O–H groups in total. The van der Waals surface area contributed by atoms with Crippen molar-refractivity contribution in [1.82, 2.24) is 5.32 Å². The smallest absolute Gasteiger partial charge is 0.264 e. The summed E-state index contributed by atoms with van der Waals surface area (Å²) in [5.74, 6) is 0.661. The Kier molecular flexibility index (Phi) is 6.81. The van der Waals surface area contributed by atoms with Crippen LogP contribution < -0.4 is 25.0 Å². The Morgan fingerprint density at radius 2 is 1.76 bits per heavy atom. The molecule has 0 unspecified atom stereocenters. The quantitative estimate of drug-likeness (QED) is 0.576. The zero-order valence-electron chi connectivity index (χ0n) is 16.6. The minimum Gasteiger partial charge on any atom is -0.497 e. The van der Waals surface area contributed by atoms with Crippen molar-refractivity contribution in [3.8, 4) is 5.75 Å². The molecule has 2 aromatic rings. The molecule has 0 atom stereocenters. The van der Waals surface area contributed by atoms with Gasteiger partial charge in [-0.1, -0.05) is 0 Å². The topological polar surface area (TPSA) is 82.7 Å². The number of sulfonamides is 1. The summed E-state index contributed by atoms with van der Waals surface area (Å²) in [5.41, 5.74) is 1.79. The molecule has 1 heterocycles. The Labute approximate surface area is 177 Å². The van der Waals surface area contributed by atoms with Crippen molar-refractivity contribution in [3.63, 3.8) is 0 Å². The summed E-state index contributed by atoms with van der Waals surface area (Å²) >= 11 is 5.23. The number of hydrogen-bond donors (Lipinski definition) is 3. The number of nitrogens with zero attached hydrogens (tertiary/aromatic N) is 1. The molecule has 1 saturated heterocycles. The van der Waals surface area contributed by atoms with E-state index >= 15 is 0 Å². The molecule has 3 rings (SSSR count). The summed E-state index contributed by atoms with van der Waals surface area (Å²) in [6.45, 7) is 4.31. The number of benzene rings is 2. The zero-order chi connectivity index (χ0) is 20.9. The maximum atomic E-state index is 13.3. The molecule has 0 aromatic heterocycles. The molecule has 9 heteroatoms. The van der Waals surface area contributed by atoms with Gasteiger partial charge in [0.2, 0.25) is 0 Å². The fraction of sp³-hybridized carbons (Fsp3) is 0.350. The van der Waals surface area contributed by atoms with Crippen molar-refractivity contribution in [2.75, 3.05) is 41.7 Å². The van der Waals surface area contributed by atoms with Crippen LogP contribution in [0.2, 0.25) is 0 Å². The van der Waals surface area contributed by atoms with E-state index in [1.807, 2.05) is 19.1 Å². The third-order valence-electron chi connectivity index (χ3n) is 4.63. The highest BCUT2D eigenvalue weighted by atomic mass is 32.2. The molecule has 0 amide bonds. The fourth-order valence-corrected chi connectivity index (χ4v) is 4.80. The molecule has 2 aromatic carbocycles. The normalized spacial score (nSPS) is 13.8. The van der Waals surface area contributed by atoms with Crippen LogP contribution in [-0.4, -0.2) is 40.3 Å². The Morgan fingerprint density at radius 3 is 2.38 bits per heavy atom. The lowest BCUT2D eigenvalue weighted by Crippen LogP contribution is -2.28. The van der Waals surface area contributed by atoms with E-state index in [1.54, 1.807) is 37.4 Å². The van der Waals surface area contributed by atoms with Crippen molar-refractivity contribution in [3.05, 3.63) is 42.5 Å². The maximum absolute atomic E-state index is 13.3. The SMILES string of the molecule is CCNC(=S)Nc1ccc(N2CCCC2)c(S(=O)(=O)Nc2ccc(OC)cc2)c1. The number of thiocarbonyl (C=S) groups is 1. The molecule has 7 nitrogen and oxygen atoms in total. The summed E-state index contributed by atoms with van der Waals surface area (Å²) in [7, 11) is -2.24. The van der Waals surface area contributed by atoms with Crippen molar-refractivity contribution in [2.45, 2.75) is 24.7 Å². The van der Waals surface area contributed by atoms with E-state index in [0.29, 0.717) is 34.5 Å². The van der Waals surface area contributed by atoms with Gasteiger partial charge in [-0.3, -0.25) is 4.72 Å². The molecule has 1 aliphatic rings. The monoisotopic (exact) mass is 434 g/mol. The summed E-state index contributed by atoms with van der Waals surface area (Å²) < 4.78 is 34.3. The maximum Gasteiger partial charge on any atom is 0.264 e. The number of hydrogen-bond acceptors (Lipinski definition) is 5. The van der Waals surface area contributed by atoms with Gasteiger partial charge in [0, 0.05) is 31.0 Å². The molecule has 0 radical (unpaired) electrons. The van der Waals surface area contributed by atoms with Gasteiger partial charge in [0.05, 0.1) is 12.8 Å². The van der Waals surface area contributed by atoms with Gasteiger partial charge in [0.15, 0.2) is 5.11 Å².